The molecule has 3 aromatic carbocycles. The van der Waals surface area contributed by atoms with Gasteiger partial charge in [0.2, 0.25) is 5.95 Å². The van der Waals surface area contributed by atoms with Crippen molar-refractivity contribution in [3.05, 3.63) is 112 Å². The van der Waals surface area contributed by atoms with Crippen molar-refractivity contribution >= 4 is 40.9 Å². The number of nitrogens with zero attached hydrogens (tertiary/aromatic N) is 3. The molecule has 0 bridgehead atoms. The largest absolute Gasteiger partial charge is 0.397 e. The van der Waals surface area contributed by atoms with Crippen LogP contribution in [0.15, 0.2) is 78.1 Å². The number of nitrogens with two attached hydrogens (primary N) is 1. The molecular weight excluding hydrogens is 620 g/mol. The molecule has 244 valence electrons. The second-order valence-corrected chi connectivity index (χ2v) is 11.7. The highest BCUT2D eigenvalue weighted by molar-refractivity contribution is 6.31. The van der Waals surface area contributed by atoms with E-state index in [1.807, 2.05) is 24.3 Å². The Morgan fingerprint density at radius 3 is 2.47 bits per heavy atom. The van der Waals surface area contributed by atoms with Gasteiger partial charge in [0, 0.05) is 59.3 Å². The molecular formula is C36H38ClF2N7O. The summed E-state index contributed by atoms with van der Waals surface area (Å²) in [7, 11) is 0. The summed E-state index contributed by atoms with van der Waals surface area (Å²) < 4.78 is 29.7. The van der Waals surface area contributed by atoms with E-state index in [1.165, 1.54) is 31.0 Å². The first-order chi connectivity index (χ1) is 22.9. The maximum Gasteiger partial charge on any atom is 0.227 e. The number of rotatable bonds is 16. The minimum Gasteiger partial charge on any atom is -0.397 e. The number of halogens is 3. The zero-order chi connectivity index (χ0) is 33.0. The molecule has 2 heterocycles. The summed E-state index contributed by atoms with van der Waals surface area (Å²) in [4.78, 5) is 24.2. The number of hydrogen-bond donors (Lipinski definition) is 4. The van der Waals surface area contributed by atoms with Crippen molar-refractivity contribution in [2.24, 2.45) is 10.7 Å². The first-order valence-electron chi connectivity index (χ1n) is 15.8. The minimum atomic E-state index is -0.706. The third-order valence-electron chi connectivity index (χ3n) is 7.82. The molecule has 0 aliphatic carbocycles. The maximum absolute atomic E-state index is 14.8. The predicted octanol–water partition coefficient (Wildman–Crippen LogP) is 7.15. The van der Waals surface area contributed by atoms with E-state index in [0.29, 0.717) is 45.5 Å². The summed E-state index contributed by atoms with van der Waals surface area (Å²) in [6.45, 7) is 2.70. The molecule has 0 radical (unpaired) electrons. The first-order valence-corrected chi connectivity index (χ1v) is 16.2. The van der Waals surface area contributed by atoms with Crippen LogP contribution in [0.5, 0.6) is 0 Å². The normalized spacial score (nSPS) is 12.5. The van der Waals surface area contributed by atoms with Gasteiger partial charge >= 0.3 is 0 Å². The Kier molecular flexibility index (Phi) is 12.0. The van der Waals surface area contributed by atoms with Gasteiger partial charge in [-0.1, -0.05) is 55.1 Å². The van der Waals surface area contributed by atoms with Gasteiger partial charge in [-0.3, -0.25) is 4.99 Å². The van der Waals surface area contributed by atoms with Crippen LogP contribution < -0.4 is 21.7 Å². The number of fused-ring (bicyclic) bond motifs is 3. The van der Waals surface area contributed by atoms with Crippen molar-refractivity contribution < 1.29 is 13.6 Å². The van der Waals surface area contributed by atoms with Gasteiger partial charge in [-0.05, 0) is 61.3 Å². The van der Waals surface area contributed by atoms with Crippen LogP contribution in [-0.2, 0) is 11.3 Å². The fourth-order valence-electron chi connectivity index (χ4n) is 5.36. The van der Waals surface area contributed by atoms with Crippen molar-refractivity contribution in [1.82, 2.24) is 20.6 Å². The van der Waals surface area contributed by atoms with Crippen LogP contribution in [-0.4, -0.2) is 41.6 Å². The van der Waals surface area contributed by atoms with Crippen LogP contribution in [0.1, 0.15) is 60.8 Å². The van der Waals surface area contributed by atoms with E-state index in [0.717, 1.165) is 56.4 Å². The van der Waals surface area contributed by atoms with Crippen molar-refractivity contribution in [2.75, 3.05) is 25.0 Å². The Labute approximate surface area is 278 Å². The zero-order valence-corrected chi connectivity index (χ0v) is 26.8. The first kappa shape index (κ1) is 33.7. The van der Waals surface area contributed by atoms with Crippen LogP contribution >= 0.6 is 11.6 Å². The number of benzene rings is 3. The van der Waals surface area contributed by atoms with Crippen molar-refractivity contribution in [3.8, 4) is 11.3 Å². The topological polar surface area (TPSA) is 117 Å². The number of nitrogens with one attached hydrogen (secondary N) is 3. The molecule has 0 spiro atoms. The van der Waals surface area contributed by atoms with Gasteiger partial charge in [0.15, 0.2) is 0 Å². The SMILES string of the molecule is N/C(=C\NCCNCCCCCCCC=O)c1ccc(Nc2ncc3c(n2)-c2ccc(Cl)cc2C(c2c(F)cccc2F)=NC3)cc1. The Morgan fingerprint density at radius 2 is 1.68 bits per heavy atom. The quantitative estimate of drug-likeness (QED) is 0.0747. The van der Waals surface area contributed by atoms with Crippen molar-refractivity contribution in [1.29, 1.82) is 0 Å². The summed E-state index contributed by atoms with van der Waals surface area (Å²) in [6, 6.07) is 16.5. The number of carbonyl (C=O) groups excluding carboxylic acids is 1. The number of hydrogen-bond acceptors (Lipinski definition) is 8. The summed E-state index contributed by atoms with van der Waals surface area (Å²) in [5.41, 5.74) is 10.9. The minimum absolute atomic E-state index is 0.139. The smallest absolute Gasteiger partial charge is 0.227 e. The molecule has 11 heteroatoms. The molecule has 4 aromatic rings. The summed E-state index contributed by atoms with van der Waals surface area (Å²) in [6.07, 6.45) is 10.7. The highest BCUT2D eigenvalue weighted by Gasteiger charge is 2.25. The lowest BCUT2D eigenvalue weighted by molar-refractivity contribution is -0.107. The molecule has 1 aliphatic heterocycles. The molecule has 0 fully saturated rings. The standard InChI is InChI=1S/C36H38ClF2N7O/c37-26-12-15-28-29(20-26)35(33-30(38)8-7-9-31(33)39)43-21-25-22-44-36(46-34(25)28)45-27-13-10-24(11-14-27)32(40)23-42-18-17-41-16-5-3-1-2-4-6-19-47/h7-15,19-20,22-23,41-42H,1-6,16-18,21,40H2,(H,44,45,46)/b32-23-. The Balaban J connectivity index is 1.19. The number of carbonyl (C=O) groups is 1. The number of aldehydes is 1. The average molecular weight is 658 g/mol. The van der Waals surface area contributed by atoms with Crippen LogP contribution in [0.3, 0.4) is 0 Å². The van der Waals surface area contributed by atoms with E-state index in [9.17, 15) is 13.6 Å². The molecule has 8 nitrogen and oxygen atoms in total. The highest BCUT2D eigenvalue weighted by atomic mass is 35.5. The number of aromatic nitrogens is 2. The lowest BCUT2D eigenvalue weighted by atomic mass is 9.95. The molecule has 5 rings (SSSR count). The molecule has 0 amide bonds. The second kappa shape index (κ2) is 16.8. The van der Waals surface area contributed by atoms with Crippen molar-refractivity contribution in [3.63, 3.8) is 0 Å². The number of unbranched alkanes of at least 4 members (excludes halogenated alkanes) is 5. The fourth-order valence-corrected chi connectivity index (χ4v) is 5.53. The van der Waals surface area contributed by atoms with Gasteiger partial charge in [0.25, 0.3) is 0 Å². The molecule has 0 saturated carbocycles. The highest BCUT2D eigenvalue weighted by Crippen LogP contribution is 2.34. The van der Waals surface area contributed by atoms with Gasteiger partial charge in [0.1, 0.15) is 17.9 Å². The van der Waals surface area contributed by atoms with E-state index in [4.69, 9.17) is 22.3 Å². The third-order valence-corrected chi connectivity index (χ3v) is 8.05. The molecule has 5 N–H and O–H groups in total. The summed E-state index contributed by atoms with van der Waals surface area (Å²) >= 11 is 6.33. The summed E-state index contributed by atoms with van der Waals surface area (Å²) in [5, 5.41) is 10.3. The molecule has 47 heavy (non-hydrogen) atoms. The molecule has 1 aliphatic rings. The van der Waals surface area contributed by atoms with Crippen molar-refractivity contribution in [2.45, 2.75) is 45.1 Å². The maximum atomic E-state index is 14.8. The molecule has 0 unspecified atom stereocenters. The molecule has 0 atom stereocenters. The lowest BCUT2D eigenvalue weighted by Crippen LogP contribution is -2.25. The van der Waals surface area contributed by atoms with Gasteiger partial charge in [0.05, 0.1) is 29.2 Å². The Bertz CT molecular complexity index is 1720. The van der Waals surface area contributed by atoms with Crippen LogP contribution in [0.25, 0.3) is 17.0 Å². The molecule has 1 aromatic heterocycles. The second-order valence-electron chi connectivity index (χ2n) is 11.2. The van der Waals surface area contributed by atoms with Crippen LogP contribution in [0, 0.1) is 11.6 Å². The van der Waals surface area contributed by atoms with E-state index >= 15 is 0 Å². The molecule has 0 saturated heterocycles. The predicted molar refractivity (Wildman–Crippen MR) is 185 cm³/mol. The number of aliphatic imine (C=N–C) groups is 1. The van der Waals surface area contributed by atoms with Crippen LogP contribution in [0.4, 0.5) is 20.4 Å². The van der Waals surface area contributed by atoms with Crippen LogP contribution in [0.2, 0.25) is 5.02 Å². The lowest BCUT2D eigenvalue weighted by Gasteiger charge is -2.13. The zero-order valence-electron chi connectivity index (χ0n) is 26.0. The Morgan fingerprint density at radius 1 is 0.915 bits per heavy atom. The van der Waals surface area contributed by atoms with E-state index in [1.54, 1.807) is 30.6 Å². The average Bonchev–Trinajstić information content (AvgIpc) is 3.22. The van der Waals surface area contributed by atoms with Gasteiger partial charge < -0.3 is 26.5 Å². The third kappa shape index (κ3) is 8.99. The van der Waals surface area contributed by atoms with Gasteiger partial charge in [-0.15, -0.1) is 0 Å². The summed E-state index contributed by atoms with van der Waals surface area (Å²) in [5.74, 6) is -1.06. The fraction of sp³-hybridized carbons (Fsp3) is 0.278. The Hall–Kier alpha value is -4.67. The van der Waals surface area contributed by atoms with E-state index in [2.05, 4.69) is 25.9 Å². The van der Waals surface area contributed by atoms with E-state index in [-0.39, 0.29) is 17.8 Å². The number of anilines is 2. The monoisotopic (exact) mass is 657 g/mol. The van der Waals surface area contributed by atoms with Gasteiger partial charge in [-0.2, -0.15) is 0 Å². The van der Waals surface area contributed by atoms with Gasteiger partial charge in [-0.25, -0.2) is 18.7 Å². The van der Waals surface area contributed by atoms with E-state index < -0.39 is 11.6 Å².